The predicted molar refractivity (Wildman–Crippen MR) is 127 cm³/mol. The van der Waals surface area contributed by atoms with E-state index in [1.807, 2.05) is 6.92 Å². The molecule has 10 heteroatoms. The molecule has 3 aromatic rings. The van der Waals surface area contributed by atoms with Crippen molar-refractivity contribution in [3.63, 3.8) is 0 Å². The van der Waals surface area contributed by atoms with Crippen molar-refractivity contribution in [2.45, 2.75) is 26.9 Å². The molecule has 2 aromatic carbocycles. The van der Waals surface area contributed by atoms with Crippen LogP contribution in [0.5, 0.6) is 23.0 Å². The highest BCUT2D eigenvalue weighted by molar-refractivity contribution is 5.99. The monoisotopic (exact) mass is 503 g/mol. The van der Waals surface area contributed by atoms with Crippen LogP contribution in [0.15, 0.2) is 42.5 Å². The average molecular weight is 503 g/mol. The number of Topliss-reactive ketones (excluding diaryl/α,β-unsaturated/α-hetero) is 1. The Bertz CT molecular complexity index is 1210. The summed E-state index contributed by atoms with van der Waals surface area (Å²) in [6, 6.07) is 11.0. The molecule has 0 fully saturated rings. The van der Waals surface area contributed by atoms with Gasteiger partial charge < -0.3 is 28.3 Å². The minimum atomic E-state index is -2.91. The fraction of sp³-hybridized carbons (Fsp3) is 0.308. The number of rotatable bonds is 11. The standard InChI is InChI=1S/C26H27F2NO7/c1-15-10-20(16(2)29(15)18-6-8-19(9-7-18)36-26(27)28)21(30)14-35-24(31)13-17-11-22(32-3)25(34-5)23(12-17)33-4/h6-12,26H,13-14H2,1-5H3. The summed E-state index contributed by atoms with van der Waals surface area (Å²) >= 11 is 0. The maximum atomic E-state index is 12.8. The van der Waals surface area contributed by atoms with E-state index in [2.05, 4.69) is 4.74 Å². The van der Waals surface area contributed by atoms with Crippen LogP contribution in [0.3, 0.4) is 0 Å². The lowest BCUT2D eigenvalue weighted by Gasteiger charge is -2.14. The molecular formula is C26H27F2NO7. The molecule has 0 unspecified atom stereocenters. The summed E-state index contributed by atoms with van der Waals surface area (Å²) in [5, 5.41) is 0. The molecule has 0 aliphatic heterocycles. The molecule has 0 aliphatic carbocycles. The number of aromatic nitrogens is 1. The second-order valence-electron chi connectivity index (χ2n) is 7.79. The summed E-state index contributed by atoms with van der Waals surface area (Å²) in [6.07, 6.45) is -0.101. The molecule has 0 aliphatic rings. The first kappa shape index (κ1) is 26.5. The number of ketones is 1. The molecule has 0 atom stereocenters. The van der Waals surface area contributed by atoms with Crippen LogP contribution in [-0.4, -0.2) is 50.9 Å². The van der Waals surface area contributed by atoms with Crippen molar-refractivity contribution in [1.82, 2.24) is 4.57 Å². The third-order valence-electron chi connectivity index (χ3n) is 5.49. The number of hydrogen-bond acceptors (Lipinski definition) is 7. The van der Waals surface area contributed by atoms with Crippen LogP contribution in [0.1, 0.15) is 27.3 Å². The van der Waals surface area contributed by atoms with E-state index in [0.29, 0.717) is 39.8 Å². The first-order chi connectivity index (χ1) is 17.2. The molecule has 0 spiro atoms. The lowest BCUT2D eigenvalue weighted by atomic mass is 10.1. The molecule has 36 heavy (non-hydrogen) atoms. The Morgan fingerprint density at radius 1 is 0.917 bits per heavy atom. The van der Waals surface area contributed by atoms with E-state index < -0.39 is 19.2 Å². The SMILES string of the molecule is COc1cc(CC(=O)OCC(=O)c2cc(C)n(-c3ccc(OC(F)F)cc3)c2C)cc(OC)c1OC. The van der Waals surface area contributed by atoms with Gasteiger partial charge in [-0.05, 0) is 61.9 Å². The Kier molecular flexibility index (Phi) is 8.52. The van der Waals surface area contributed by atoms with Crippen LogP contribution in [0.25, 0.3) is 5.69 Å². The largest absolute Gasteiger partial charge is 0.493 e. The molecule has 3 rings (SSSR count). The van der Waals surface area contributed by atoms with Gasteiger partial charge in [0.15, 0.2) is 18.1 Å². The zero-order chi connectivity index (χ0) is 26.4. The fourth-order valence-corrected chi connectivity index (χ4v) is 3.90. The Morgan fingerprint density at radius 3 is 2.06 bits per heavy atom. The number of halogens is 2. The maximum Gasteiger partial charge on any atom is 0.387 e. The number of carbonyl (C=O) groups is 2. The molecule has 1 heterocycles. The van der Waals surface area contributed by atoms with Gasteiger partial charge in [0.1, 0.15) is 5.75 Å². The third kappa shape index (κ3) is 5.94. The summed E-state index contributed by atoms with van der Waals surface area (Å²) in [7, 11) is 4.42. The van der Waals surface area contributed by atoms with Crippen LogP contribution in [0, 0.1) is 13.8 Å². The number of benzene rings is 2. The molecule has 8 nitrogen and oxygen atoms in total. The van der Waals surface area contributed by atoms with Gasteiger partial charge in [-0.3, -0.25) is 9.59 Å². The third-order valence-corrected chi connectivity index (χ3v) is 5.49. The van der Waals surface area contributed by atoms with E-state index in [0.717, 1.165) is 5.69 Å². The van der Waals surface area contributed by atoms with Crippen molar-refractivity contribution >= 4 is 11.8 Å². The molecule has 0 saturated carbocycles. The lowest BCUT2D eigenvalue weighted by Crippen LogP contribution is -2.16. The zero-order valence-electron chi connectivity index (χ0n) is 20.6. The van der Waals surface area contributed by atoms with Crippen LogP contribution in [0.2, 0.25) is 0 Å². The van der Waals surface area contributed by atoms with E-state index >= 15 is 0 Å². The second-order valence-corrected chi connectivity index (χ2v) is 7.79. The molecule has 192 valence electrons. The summed E-state index contributed by atoms with van der Waals surface area (Å²) < 4.78 is 52.1. The number of carbonyl (C=O) groups excluding carboxylic acids is 2. The van der Waals surface area contributed by atoms with Crippen LogP contribution >= 0.6 is 0 Å². The summed E-state index contributed by atoms with van der Waals surface area (Å²) in [6.45, 7) is 0.215. The topological polar surface area (TPSA) is 85.2 Å². The van der Waals surface area contributed by atoms with Gasteiger partial charge in [0.05, 0.1) is 27.8 Å². The predicted octanol–water partition coefficient (Wildman–Crippen LogP) is 4.69. The van der Waals surface area contributed by atoms with E-state index in [4.69, 9.17) is 18.9 Å². The van der Waals surface area contributed by atoms with Crippen molar-refractivity contribution in [1.29, 1.82) is 0 Å². The highest BCUT2D eigenvalue weighted by Gasteiger charge is 2.20. The molecule has 0 bridgehead atoms. The first-order valence-electron chi connectivity index (χ1n) is 10.9. The van der Waals surface area contributed by atoms with E-state index in [-0.39, 0.29) is 18.0 Å². The average Bonchev–Trinajstić information content (AvgIpc) is 3.15. The van der Waals surface area contributed by atoms with Crippen molar-refractivity contribution in [2.75, 3.05) is 27.9 Å². The Balaban J connectivity index is 1.69. The smallest absolute Gasteiger partial charge is 0.387 e. The van der Waals surface area contributed by atoms with Crippen LogP contribution in [-0.2, 0) is 16.0 Å². The van der Waals surface area contributed by atoms with Gasteiger partial charge in [-0.2, -0.15) is 8.78 Å². The van der Waals surface area contributed by atoms with Gasteiger partial charge in [0, 0.05) is 22.6 Å². The quantitative estimate of drug-likeness (QED) is 0.277. The Hall–Kier alpha value is -4.08. The van der Waals surface area contributed by atoms with Gasteiger partial charge >= 0.3 is 12.6 Å². The number of methoxy groups -OCH3 is 3. The minimum Gasteiger partial charge on any atom is -0.493 e. The number of ether oxygens (including phenoxy) is 5. The van der Waals surface area contributed by atoms with Crippen molar-refractivity contribution in [3.05, 3.63) is 65.0 Å². The summed E-state index contributed by atoms with van der Waals surface area (Å²) in [5.74, 6) is 0.269. The highest BCUT2D eigenvalue weighted by atomic mass is 19.3. The highest BCUT2D eigenvalue weighted by Crippen LogP contribution is 2.38. The summed E-state index contributed by atoms with van der Waals surface area (Å²) in [5.41, 5.74) is 3.01. The van der Waals surface area contributed by atoms with Gasteiger partial charge in [-0.1, -0.05) is 0 Å². The van der Waals surface area contributed by atoms with E-state index in [1.165, 1.54) is 33.5 Å². The van der Waals surface area contributed by atoms with Crippen LogP contribution in [0.4, 0.5) is 8.78 Å². The van der Waals surface area contributed by atoms with Crippen molar-refractivity contribution in [3.8, 4) is 28.7 Å². The van der Waals surface area contributed by atoms with E-state index in [9.17, 15) is 18.4 Å². The fourth-order valence-electron chi connectivity index (χ4n) is 3.90. The molecule has 0 amide bonds. The Morgan fingerprint density at radius 2 is 1.53 bits per heavy atom. The van der Waals surface area contributed by atoms with E-state index in [1.54, 1.807) is 41.8 Å². The molecule has 0 N–H and O–H groups in total. The normalized spacial score (nSPS) is 10.8. The van der Waals surface area contributed by atoms with Gasteiger partial charge in [-0.25, -0.2) is 0 Å². The number of aryl methyl sites for hydroxylation is 1. The molecule has 0 radical (unpaired) electrons. The van der Waals surface area contributed by atoms with Gasteiger partial charge in [0.2, 0.25) is 11.5 Å². The number of alkyl halides is 2. The summed E-state index contributed by atoms with van der Waals surface area (Å²) in [4.78, 5) is 25.3. The molecule has 1 aromatic heterocycles. The molecule has 0 saturated heterocycles. The first-order valence-corrected chi connectivity index (χ1v) is 10.9. The second kappa shape index (κ2) is 11.6. The minimum absolute atomic E-state index is 0.0338. The maximum absolute atomic E-state index is 12.8. The van der Waals surface area contributed by atoms with Crippen molar-refractivity contribution in [2.24, 2.45) is 0 Å². The van der Waals surface area contributed by atoms with Gasteiger partial charge in [-0.15, -0.1) is 0 Å². The lowest BCUT2D eigenvalue weighted by molar-refractivity contribution is -0.141. The molecular weight excluding hydrogens is 476 g/mol. The zero-order valence-corrected chi connectivity index (χ0v) is 20.6. The number of hydrogen-bond donors (Lipinski definition) is 0. The van der Waals surface area contributed by atoms with Gasteiger partial charge in [0.25, 0.3) is 0 Å². The number of esters is 1. The van der Waals surface area contributed by atoms with Crippen LogP contribution < -0.4 is 18.9 Å². The Labute approximate surface area is 207 Å². The number of nitrogens with zero attached hydrogens (tertiary/aromatic N) is 1. The van der Waals surface area contributed by atoms with Crippen molar-refractivity contribution < 1.29 is 42.1 Å².